The molecule has 0 fully saturated rings. The summed E-state index contributed by atoms with van der Waals surface area (Å²) in [7, 11) is 0. The van der Waals surface area contributed by atoms with Gasteiger partial charge in [0, 0.05) is 44.0 Å². The largest absolute Gasteiger partial charge is 0.456 e. The van der Waals surface area contributed by atoms with E-state index in [-0.39, 0.29) is 0 Å². The van der Waals surface area contributed by atoms with Crippen molar-refractivity contribution in [2.45, 2.75) is 0 Å². The molecular weight excluding hydrogens is 765 g/mol. The molecular formula is C60H40N2O. The zero-order valence-electron chi connectivity index (χ0n) is 34.4. The fourth-order valence-corrected chi connectivity index (χ4v) is 9.45. The fourth-order valence-electron chi connectivity index (χ4n) is 9.45. The lowest BCUT2D eigenvalue weighted by Gasteiger charge is -2.28. The van der Waals surface area contributed by atoms with Crippen LogP contribution in [0.5, 0.6) is 0 Å². The van der Waals surface area contributed by atoms with Crippen LogP contribution in [-0.4, -0.2) is 4.57 Å². The maximum atomic E-state index is 6.41. The predicted molar refractivity (Wildman–Crippen MR) is 264 cm³/mol. The number of para-hydroxylation sites is 5. The molecule has 0 saturated carbocycles. The molecule has 0 N–H and O–H groups in total. The molecule has 12 aromatic rings. The predicted octanol–water partition coefficient (Wildman–Crippen LogP) is 16.8. The zero-order chi connectivity index (χ0) is 41.7. The van der Waals surface area contributed by atoms with Gasteiger partial charge >= 0.3 is 0 Å². The molecule has 12 rings (SSSR count). The van der Waals surface area contributed by atoms with Gasteiger partial charge in [0.15, 0.2) is 0 Å². The van der Waals surface area contributed by atoms with Gasteiger partial charge in [0.05, 0.1) is 22.4 Å². The first-order chi connectivity index (χ1) is 31.2. The van der Waals surface area contributed by atoms with Gasteiger partial charge in [-0.1, -0.05) is 170 Å². The van der Waals surface area contributed by atoms with Gasteiger partial charge in [0.1, 0.15) is 11.2 Å². The van der Waals surface area contributed by atoms with Crippen LogP contribution in [0.25, 0.3) is 93.9 Å². The van der Waals surface area contributed by atoms with Crippen LogP contribution in [0.15, 0.2) is 247 Å². The summed E-state index contributed by atoms with van der Waals surface area (Å²) in [5, 5.41) is 4.75. The summed E-state index contributed by atoms with van der Waals surface area (Å²) in [6.07, 6.45) is 0. The lowest BCUT2D eigenvalue weighted by atomic mass is 9.97. The molecule has 0 bridgehead atoms. The molecule has 3 nitrogen and oxygen atoms in total. The Morgan fingerprint density at radius 1 is 0.302 bits per heavy atom. The smallest absolute Gasteiger partial charge is 0.136 e. The number of furan rings is 1. The summed E-state index contributed by atoms with van der Waals surface area (Å²) >= 11 is 0. The third kappa shape index (κ3) is 6.38. The number of aromatic nitrogens is 1. The molecule has 0 radical (unpaired) electrons. The third-order valence-corrected chi connectivity index (χ3v) is 12.4. The summed E-state index contributed by atoms with van der Waals surface area (Å²) < 4.78 is 8.82. The van der Waals surface area contributed by atoms with E-state index in [0.717, 1.165) is 66.9 Å². The average Bonchev–Trinajstić information content (AvgIpc) is 3.90. The molecule has 63 heavy (non-hydrogen) atoms. The van der Waals surface area contributed by atoms with Gasteiger partial charge in [-0.2, -0.15) is 0 Å². The van der Waals surface area contributed by atoms with Gasteiger partial charge in [0.2, 0.25) is 0 Å². The summed E-state index contributed by atoms with van der Waals surface area (Å²) in [6.45, 7) is 0. The number of fused-ring (bicyclic) bond motifs is 6. The van der Waals surface area contributed by atoms with Crippen molar-refractivity contribution in [2.24, 2.45) is 0 Å². The third-order valence-electron chi connectivity index (χ3n) is 12.4. The van der Waals surface area contributed by atoms with Crippen LogP contribution in [0, 0.1) is 0 Å². The Morgan fingerprint density at radius 2 is 0.857 bits per heavy atom. The molecule has 2 heterocycles. The first-order valence-corrected chi connectivity index (χ1v) is 21.5. The minimum absolute atomic E-state index is 0.876. The van der Waals surface area contributed by atoms with E-state index in [1.54, 1.807) is 0 Å². The highest BCUT2D eigenvalue weighted by Crippen LogP contribution is 2.44. The molecule has 296 valence electrons. The molecule has 3 heteroatoms. The van der Waals surface area contributed by atoms with E-state index in [1.165, 1.54) is 44.1 Å². The van der Waals surface area contributed by atoms with Crippen LogP contribution in [0.1, 0.15) is 0 Å². The maximum Gasteiger partial charge on any atom is 0.136 e. The minimum atomic E-state index is 0.876. The number of anilines is 3. The van der Waals surface area contributed by atoms with Crippen molar-refractivity contribution in [1.29, 1.82) is 0 Å². The molecule has 2 aromatic heterocycles. The van der Waals surface area contributed by atoms with Crippen molar-refractivity contribution >= 4 is 60.8 Å². The number of hydrogen-bond acceptors (Lipinski definition) is 2. The van der Waals surface area contributed by atoms with Gasteiger partial charge in [-0.3, -0.25) is 0 Å². The van der Waals surface area contributed by atoms with Crippen molar-refractivity contribution in [3.63, 3.8) is 0 Å². The molecule has 0 aliphatic rings. The van der Waals surface area contributed by atoms with E-state index in [9.17, 15) is 0 Å². The van der Waals surface area contributed by atoms with Crippen molar-refractivity contribution in [1.82, 2.24) is 4.57 Å². The lowest BCUT2D eigenvalue weighted by Crippen LogP contribution is -2.11. The molecule has 0 saturated heterocycles. The number of benzene rings is 10. The van der Waals surface area contributed by atoms with Crippen molar-refractivity contribution < 1.29 is 4.42 Å². The molecule has 0 aliphatic heterocycles. The lowest BCUT2D eigenvalue weighted by molar-refractivity contribution is 0.669. The van der Waals surface area contributed by atoms with Gasteiger partial charge in [0.25, 0.3) is 0 Å². The molecule has 0 atom stereocenters. The Bertz CT molecular complexity index is 3580. The Labute approximate surface area is 366 Å². The van der Waals surface area contributed by atoms with Gasteiger partial charge in [-0.05, 0) is 106 Å². The number of nitrogens with zero attached hydrogens (tertiary/aromatic N) is 2. The van der Waals surface area contributed by atoms with E-state index in [1.807, 2.05) is 12.1 Å². The second-order valence-corrected chi connectivity index (χ2v) is 16.1. The van der Waals surface area contributed by atoms with Gasteiger partial charge < -0.3 is 13.9 Å². The highest BCUT2D eigenvalue weighted by molar-refractivity contribution is 6.10. The Morgan fingerprint density at radius 3 is 1.63 bits per heavy atom. The van der Waals surface area contributed by atoms with E-state index < -0.39 is 0 Å². The first-order valence-electron chi connectivity index (χ1n) is 21.5. The van der Waals surface area contributed by atoms with Crippen LogP contribution in [0.2, 0.25) is 0 Å². The van der Waals surface area contributed by atoms with Gasteiger partial charge in [-0.15, -0.1) is 0 Å². The fraction of sp³-hybridized carbons (Fsp3) is 0. The highest BCUT2D eigenvalue weighted by atomic mass is 16.3. The standard InChI is InChI=1S/C60H40N2O/c1-2-16-41(17-3-1)43-18-14-19-44(38-43)45-20-15-21-48(39-45)61(55-27-9-5-23-50(55)46-34-37-54-53-26-8-13-31-59(53)63-60(54)40-46)47-35-32-42(33-36-47)49-22-4-10-28-56(49)62-57-29-11-6-24-51(57)52-25-7-12-30-58(52)62/h1-40H. The van der Waals surface area contributed by atoms with E-state index in [4.69, 9.17) is 4.42 Å². The SMILES string of the molecule is c1ccc(-c2cccc(-c3cccc(N(c4ccc(-c5ccccc5-n5c6ccccc6c6ccccc65)cc4)c4ccccc4-c4ccc5c(c4)oc4ccccc45)c3)c2)cc1. The normalized spacial score (nSPS) is 11.5. The summed E-state index contributed by atoms with van der Waals surface area (Å²) in [5.74, 6) is 0. The Hall–Kier alpha value is -8.40. The summed E-state index contributed by atoms with van der Waals surface area (Å²) in [4.78, 5) is 2.39. The molecule has 0 amide bonds. The van der Waals surface area contributed by atoms with Crippen molar-refractivity contribution in [3.8, 4) is 50.2 Å². The molecule has 0 aliphatic carbocycles. The zero-order valence-corrected chi connectivity index (χ0v) is 34.4. The Balaban J connectivity index is 1.01. The van der Waals surface area contributed by atoms with E-state index in [0.29, 0.717) is 0 Å². The maximum absolute atomic E-state index is 6.41. The van der Waals surface area contributed by atoms with Crippen LogP contribution < -0.4 is 4.90 Å². The van der Waals surface area contributed by atoms with Gasteiger partial charge in [-0.25, -0.2) is 0 Å². The topological polar surface area (TPSA) is 21.3 Å². The van der Waals surface area contributed by atoms with Crippen molar-refractivity contribution in [3.05, 3.63) is 243 Å². The summed E-state index contributed by atoms with van der Waals surface area (Å²) in [5.41, 5.74) is 17.7. The second kappa shape index (κ2) is 15.3. The average molecular weight is 805 g/mol. The van der Waals surface area contributed by atoms with Crippen LogP contribution in [0.4, 0.5) is 17.1 Å². The molecule has 0 spiro atoms. The highest BCUT2D eigenvalue weighted by Gasteiger charge is 2.20. The Kier molecular flexibility index (Phi) is 8.83. The first kappa shape index (κ1) is 36.5. The molecule has 0 unspecified atom stereocenters. The minimum Gasteiger partial charge on any atom is -0.456 e. The summed E-state index contributed by atoms with van der Waals surface area (Å²) in [6, 6.07) is 87.2. The number of rotatable bonds is 8. The van der Waals surface area contributed by atoms with Crippen LogP contribution in [0.3, 0.4) is 0 Å². The molecule has 10 aromatic carbocycles. The van der Waals surface area contributed by atoms with Crippen molar-refractivity contribution in [2.75, 3.05) is 4.90 Å². The monoisotopic (exact) mass is 804 g/mol. The second-order valence-electron chi connectivity index (χ2n) is 16.1. The number of hydrogen-bond donors (Lipinski definition) is 0. The van der Waals surface area contributed by atoms with E-state index in [2.05, 4.69) is 240 Å². The van der Waals surface area contributed by atoms with E-state index >= 15 is 0 Å². The van der Waals surface area contributed by atoms with Crippen LogP contribution >= 0.6 is 0 Å². The van der Waals surface area contributed by atoms with Crippen LogP contribution in [-0.2, 0) is 0 Å². The quantitative estimate of drug-likeness (QED) is 0.153.